The van der Waals surface area contributed by atoms with Crippen LogP contribution >= 0.6 is 0 Å². The van der Waals surface area contributed by atoms with Gasteiger partial charge in [-0.2, -0.15) is 0 Å². The van der Waals surface area contributed by atoms with Crippen molar-refractivity contribution in [3.8, 4) is 0 Å². The third-order valence-electron chi connectivity index (χ3n) is 2.84. The summed E-state index contributed by atoms with van der Waals surface area (Å²) in [5.74, 6) is 0. The Kier molecular flexibility index (Phi) is 4.70. The summed E-state index contributed by atoms with van der Waals surface area (Å²) in [5, 5.41) is 9.10. The van der Waals surface area contributed by atoms with Gasteiger partial charge in [0.05, 0.1) is 6.61 Å². The highest BCUT2D eigenvalue weighted by atomic mass is 16.3. The molecule has 2 atom stereocenters. The molecule has 0 bridgehead atoms. The zero-order valence-corrected chi connectivity index (χ0v) is 8.58. The lowest BCUT2D eigenvalue weighted by Gasteiger charge is -2.25. The average Bonchev–Trinajstić information content (AvgIpc) is 2.52. The molecular weight excluding hydrogens is 164 g/mol. The SMILES string of the molecule is CCC[C@@H](N)CN1CCC[C@@H]1CO. The molecule has 0 aromatic heterocycles. The second-order valence-corrected chi connectivity index (χ2v) is 4.02. The first-order valence-electron chi connectivity index (χ1n) is 5.38. The second kappa shape index (κ2) is 5.58. The number of aliphatic hydroxyl groups excluding tert-OH is 1. The highest BCUT2D eigenvalue weighted by molar-refractivity contribution is 4.81. The highest BCUT2D eigenvalue weighted by Gasteiger charge is 2.24. The van der Waals surface area contributed by atoms with Crippen LogP contribution in [0.4, 0.5) is 0 Å². The Morgan fingerprint density at radius 3 is 3.00 bits per heavy atom. The molecule has 3 N–H and O–H groups in total. The van der Waals surface area contributed by atoms with E-state index in [2.05, 4.69) is 11.8 Å². The fraction of sp³-hybridized carbons (Fsp3) is 1.00. The molecule has 78 valence electrons. The van der Waals surface area contributed by atoms with Crippen LogP contribution in [0.25, 0.3) is 0 Å². The topological polar surface area (TPSA) is 49.5 Å². The Bertz CT molecular complexity index is 141. The molecule has 1 heterocycles. The molecule has 13 heavy (non-hydrogen) atoms. The largest absolute Gasteiger partial charge is 0.395 e. The first-order chi connectivity index (χ1) is 6.27. The van der Waals surface area contributed by atoms with Crippen molar-refractivity contribution >= 4 is 0 Å². The standard InChI is InChI=1S/C10H22N2O/c1-2-4-9(11)7-12-6-3-5-10(12)8-13/h9-10,13H,2-8,11H2,1H3/t9-,10-/m1/s1. The first-order valence-corrected chi connectivity index (χ1v) is 5.38. The van der Waals surface area contributed by atoms with E-state index >= 15 is 0 Å². The summed E-state index contributed by atoms with van der Waals surface area (Å²) >= 11 is 0. The summed E-state index contributed by atoms with van der Waals surface area (Å²) < 4.78 is 0. The molecule has 1 fully saturated rings. The number of hydrogen-bond acceptors (Lipinski definition) is 3. The van der Waals surface area contributed by atoms with E-state index < -0.39 is 0 Å². The van der Waals surface area contributed by atoms with E-state index in [0.717, 1.165) is 32.4 Å². The number of likely N-dealkylation sites (tertiary alicyclic amines) is 1. The van der Waals surface area contributed by atoms with Gasteiger partial charge in [0.15, 0.2) is 0 Å². The third-order valence-corrected chi connectivity index (χ3v) is 2.84. The van der Waals surface area contributed by atoms with Gasteiger partial charge >= 0.3 is 0 Å². The minimum Gasteiger partial charge on any atom is -0.395 e. The van der Waals surface area contributed by atoms with E-state index in [1.807, 2.05) is 0 Å². The predicted octanol–water partition coefficient (Wildman–Crippen LogP) is 0.570. The average molecular weight is 186 g/mol. The third kappa shape index (κ3) is 3.25. The molecule has 0 aliphatic carbocycles. The van der Waals surface area contributed by atoms with Crippen molar-refractivity contribution in [1.29, 1.82) is 0 Å². The van der Waals surface area contributed by atoms with Crippen LogP contribution in [-0.4, -0.2) is 41.8 Å². The normalized spacial score (nSPS) is 26.5. The van der Waals surface area contributed by atoms with Crippen LogP contribution in [0.1, 0.15) is 32.6 Å². The highest BCUT2D eigenvalue weighted by Crippen LogP contribution is 2.16. The maximum absolute atomic E-state index is 9.10. The fourth-order valence-corrected chi connectivity index (χ4v) is 2.11. The van der Waals surface area contributed by atoms with Gasteiger partial charge in [-0.3, -0.25) is 4.90 Å². The van der Waals surface area contributed by atoms with Crippen LogP contribution in [-0.2, 0) is 0 Å². The molecule has 0 saturated carbocycles. The van der Waals surface area contributed by atoms with Crippen molar-refractivity contribution in [3.63, 3.8) is 0 Å². The summed E-state index contributed by atoms with van der Waals surface area (Å²) in [5.41, 5.74) is 5.96. The van der Waals surface area contributed by atoms with E-state index in [1.54, 1.807) is 0 Å². The lowest BCUT2D eigenvalue weighted by atomic mass is 10.1. The maximum atomic E-state index is 9.10. The van der Waals surface area contributed by atoms with Gasteiger partial charge in [0.1, 0.15) is 0 Å². The Balaban J connectivity index is 2.26. The van der Waals surface area contributed by atoms with Crippen molar-refractivity contribution in [2.45, 2.75) is 44.7 Å². The number of nitrogens with zero attached hydrogens (tertiary/aromatic N) is 1. The summed E-state index contributed by atoms with van der Waals surface area (Å²) in [6.45, 7) is 4.52. The summed E-state index contributed by atoms with van der Waals surface area (Å²) in [6.07, 6.45) is 4.59. The lowest BCUT2D eigenvalue weighted by Crippen LogP contribution is -2.41. The molecule has 0 spiro atoms. The summed E-state index contributed by atoms with van der Waals surface area (Å²) in [7, 11) is 0. The Morgan fingerprint density at radius 2 is 2.38 bits per heavy atom. The number of aliphatic hydroxyl groups is 1. The minimum absolute atomic E-state index is 0.289. The summed E-state index contributed by atoms with van der Waals surface area (Å²) in [6, 6.07) is 0.667. The zero-order valence-electron chi connectivity index (χ0n) is 8.58. The van der Waals surface area contributed by atoms with Gasteiger partial charge in [0.2, 0.25) is 0 Å². The monoisotopic (exact) mass is 186 g/mol. The van der Waals surface area contributed by atoms with Crippen LogP contribution < -0.4 is 5.73 Å². The second-order valence-electron chi connectivity index (χ2n) is 4.02. The molecule has 3 heteroatoms. The van der Waals surface area contributed by atoms with Crippen molar-refractivity contribution < 1.29 is 5.11 Å². The van der Waals surface area contributed by atoms with E-state index in [-0.39, 0.29) is 6.04 Å². The van der Waals surface area contributed by atoms with Gasteiger partial charge in [-0.25, -0.2) is 0 Å². The van der Waals surface area contributed by atoms with Gasteiger partial charge in [0.25, 0.3) is 0 Å². The predicted molar refractivity (Wildman–Crippen MR) is 54.6 cm³/mol. The fourth-order valence-electron chi connectivity index (χ4n) is 2.11. The van der Waals surface area contributed by atoms with Crippen molar-refractivity contribution in [1.82, 2.24) is 4.90 Å². The minimum atomic E-state index is 0.289. The molecule has 1 aliphatic rings. The molecule has 0 aromatic carbocycles. The van der Waals surface area contributed by atoms with Gasteiger partial charge in [-0.15, -0.1) is 0 Å². The first kappa shape index (κ1) is 11.0. The quantitative estimate of drug-likeness (QED) is 0.660. The van der Waals surface area contributed by atoms with E-state index in [4.69, 9.17) is 10.8 Å². The number of hydrogen-bond donors (Lipinski definition) is 2. The van der Waals surface area contributed by atoms with Crippen LogP contribution in [0.2, 0.25) is 0 Å². The molecule has 0 aromatic rings. The van der Waals surface area contributed by atoms with E-state index in [9.17, 15) is 0 Å². The van der Waals surface area contributed by atoms with E-state index in [0.29, 0.717) is 12.6 Å². The molecular formula is C10H22N2O. The molecule has 3 nitrogen and oxygen atoms in total. The van der Waals surface area contributed by atoms with Crippen molar-refractivity contribution in [3.05, 3.63) is 0 Å². The van der Waals surface area contributed by atoms with Crippen LogP contribution in [0.5, 0.6) is 0 Å². The molecule has 0 radical (unpaired) electrons. The Morgan fingerprint density at radius 1 is 1.62 bits per heavy atom. The zero-order chi connectivity index (χ0) is 9.68. The van der Waals surface area contributed by atoms with Gasteiger partial charge in [-0.1, -0.05) is 13.3 Å². The molecule has 1 saturated heterocycles. The van der Waals surface area contributed by atoms with E-state index in [1.165, 1.54) is 6.42 Å². The van der Waals surface area contributed by atoms with Crippen LogP contribution in [0.15, 0.2) is 0 Å². The number of rotatable bonds is 5. The maximum Gasteiger partial charge on any atom is 0.0586 e. The molecule has 0 unspecified atom stereocenters. The Labute approximate surface area is 80.9 Å². The Hall–Kier alpha value is -0.120. The molecule has 1 rings (SSSR count). The van der Waals surface area contributed by atoms with Crippen molar-refractivity contribution in [2.24, 2.45) is 5.73 Å². The molecule has 0 amide bonds. The van der Waals surface area contributed by atoms with Gasteiger partial charge < -0.3 is 10.8 Å². The van der Waals surface area contributed by atoms with Crippen LogP contribution in [0.3, 0.4) is 0 Å². The smallest absolute Gasteiger partial charge is 0.0586 e. The lowest BCUT2D eigenvalue weighted by molar-refractivity contribution is 0.151. The van der Waals surface area contributed by atoms with Crippen molar-refractivity contribution in [2.75, 3.05) is 19.7 Å². The molecule has 1 aliphatic heterocycles. The van der Waals surface area contributed by atoms with Gasteiger partial charge in [0, 0.05) is 18.6 Å². The summed E-state index contributed by atoms with van der Waals surface area (Å²) in [4.78, 5) is 2.33. The van der Waals surface area contributed by atoms with Crippen LogP contribution in [0, 0.1) is 0 Å². The van der Waals surface area contributed by atoms with Gasteiger partial charge in [-0.05, 0) is 25.8 Å². The number of nitrogens with two attached hydrogens (primary N) is 1.